The lowest BCUT2D eigenvalue weighted by molar-refractivity contribution is 0.226. The van der Waals surface area contributed by atoms with Crippen LogP contribution in [-0.2, 0) is 0 Å². The lowest BCUT2D eigenvalue weighted by atomic mass is 10.1. The van der Waals surface area contributed by atoms with Crippen molar-refractivity contribution in [3.8, 4) is 5.88 Å². The van der Waals surface area contributed by atoms with Crippen LogP contribution in [0.15, 0.2) is 12.1 Å². The molecule has 0 bridgehead atoms. The molecule has 5 nitrogen and oxygen atoms in total. The number of hydrogen-bond donors (Lipinski definition) is 1. The third kappa shape index (κ3) is 2.68. The maximum absolute atomic E-state index is 5.94. The largest absolute Gasteiger partial charge is 0.473 e. The minimum Gasteiger partial charge on any atom is -0.473 e. The van der Waals surface area contributed by atoms with Gasteiger partial charge in [-0.25, -0.2) is 0 Å². The number of fused-ring (bicyclic) bond motifs is 1. The molecule has 2 fully saturated rings. The summed E-state index contributed by atoms with van der Waals surface area (Å²) in [6.07, 6.45) is 2.72. The Labute approximate surface area is 120 Å². The number of aromatic nitrogens is 1. The van der Waals surface area contributed by atoms with Crippen molar-refractivity contribution in [1.29, 1.82) is 0 Å². The molecule has 2 N–H and O–H groups in total. The Kier molecular flexibility index (Phi) is 3.70. The van der Waals surface area contributed by atoms with Crippen LogP contribution < -0.4 is 15.4 Å². The number of nitrogens with zero attached hydrogens (tertiary/aromatic N) is 3. The second-order valence-corrected chi connectivity index (χ2v) is 6.01. The number of rotatable bonds is 3. The first-order valence-electron chi connectivity index (χ1n) is 7.55. The van der Waals surface area contributed by atoms with Gasteiger partial charge in [0.15, 0.2) is 0 Å². The van der Waals surface area contributed by atoms with E-state index in [2.05, 4.69) is 14.8 Å². The topological polar surface area (TPSA) is 54.6 Å². The van der Waals surface area contributed by atoms with Crippen LogP contribution in [0.4, 0.5) is 11.5 Å². The van der Waals surface area contributed by atoms with Crippen molar-refractivity contribution in [2.45, 2.75) is 38.8 Å². The standard InChI is InChI=1S/C15H24N4O/c1-11(2)20-15-13(16)5-6-14(17-15)19-9-8-18-7-3-4-12(18)10-19/h5-6,11-12H,3-4,7-10,16H2,1-2H3. The van der Waals surface area contributed by atoms with Gasteiger partial charge in [0, 0.05) is 25.7 Å². The Bertz CT molecular complexity index is 477. The number of anilines is 2. The van der Waals surface area contributed by atoms with E-state index < -0.39 is 0 Å². The summed E-state index contributed by atoms with van der Waals surface area (Å²) in [5, 5.41) is 0. The maximum atomic E-state index is 5.94. The molecule has 0 aliphatic carbocycles. The molecule has 1 unspecified atom stereocenters. The van der Waals surface area contributed by atoms with Gasteiger partial charge >= 0.3 is 0 Å². The summed E-state index contributed by atoms with van der Waals surface area (Å²) in [6, 6.07) is 4.60. The van der Waals surface area contributed by atoms with E-state index in [1.807, 2.05) is 26.0 Å². The minimum absolute atomic E-state index is 0.0896. The van der Waals surface area contributed by atoms with Crippen LogP contribution in [0.25, 0.3) is 0 Å². The summed E-state index contributed by atoms with van der Waals surface area (Å²) < 4.78 is 5.69. The third-order valence-corrected chi connectivity index (χ3v) is 4.13. The lowest BCUT2D eigenvalue weighted by Gasteiger charge is -2.38. The van der Waals surface area contributed by atoms with Crippen LogP contribution in [0.5, 0.6) is 5.88 Å². The Morgan fingerprint density at radius 1 is 1.30 bits per heavy atom. The molecular weight excluding hydrogens is 252 g/mol. The quantitative estimate of drug-likeness (QED) is 0.911. The Morgan fingerprint density at radius 2 is 2.15 bits per heavy atom. The number of piperazine rings is 1. The zero-order valence-electron chi connectivity index (χ0n) is 12.4. The van der Waals surface area contributed by atoms with Gasteiger partial charge in [-0.05, 0) is 45.4 Å². The van der Waals surface area contributed by atoms with E-state index in [1.165, 1.54) is 19.4 Å². The fraction of sp³-hybridized carbons (Fsp3) is 0.667. The predicted molar refractivity (Wildman–Crippen MR) is 81.2 cm³/mol. The normalized spacial score (nSPS) is 23.1. The molecule has 2 aliphatic rings. The first-order chi connectivity index (χ1) is 9.63. The van der Waals surface area contributed by atoms with E-state index in [0.717, 1.165) is 25.5 Å². The second-order valence-electron chi connectivity index (χ2n) is 6.01. The molecule has 0 aromatic carbocycles. The van der Waals surface area contributed by atoms with Crippen molar-refractivity contribution in [3.05, 3.63) is 12.1 Å². The first-order valence-corrected chi connectivity index (χ1v) is 7.55. The summed E-state index contributed by atoms with van der Waals surface area (Å²) >= 11 is 0. The zero-order chi connectivity index (χ0) is 14.1. The maximum Gasteiger partial charge on any atom is 0.239 e. The summed E-state index contributed by atoms with van der Waals surface area (Å²) in [4.78, 5) is 9.57. The van der Waals surface area contributed by atoms with Crippen LogP contribution >= 0.6 is 0 Å². The highest BCUT2D eigenvalue weighted by atomic mass is 16.5. The number of nitrogen functional groups attached to an aromatic ring is 1. The molecule has 1 atom stereocenters. The van der Waals surface area contributed by atoms with Crippen LogP contribution in [0, 0.1) is 0 Å². The Balaban J connectivity index is 1.76. The molecule has 3 heterocycles. The van der Waals surface area contributed by atoms with E-state index >= 15 is 0 Å². The van der Waals surface area contributed by atoms with Gasteiger partial charge in [-0.1, -0.05) is 0 Å². The average Bonchev–Trinajstić information content (AvgIpc) is 2.88. The number of nitrogens with two attached hydrogens (primary N) is 1. The molecule has 0 radical (unpaired) electrons. The molecule has 1 aromatic rings. The van der Waals surface area contributed by atoms with E-state index in [1.54, 1.807) is 0 Å². The molecule has 0 saturated carbocycles. The highest BCUT2D eigenvalue weighted by Crippen LogP contribution is 2.28. The fourth-order valence-corrected chi connectivity index (χ4v) is 3.13. The number of hydrogen-bond acceptors (Lipinski definition) is 5. The summed E-state index contributed by atoms with van der Waals surface area (Å²) in [5.74, 6) is 1.55. The predicted octanol–water partition coefficient (Wildman–Crippen LogP) is 1.74. The van der Waals surface area contributed by atoms with Crippen molar-refractivity contribution in [3.63, 3.8) is 0 Å². The van der Waals surface area contributed by atoms with Gasteiger partial charge in [0.2, 0.25) is 5.88 Å². The fourth-order valence-electron chi connectivity index (χ4n) is 3.13. The van der Waals surface area contributed by atoms with Crippen LogP contribution in [-0.4, -0.2) is 48.2 Å². The molecule has 1 aromatic heterocycles. The van der Waals surface area contributed by atoms with Gasteiger partial charge in [-0.2, -0.15) is 4.98 Å². The van der Waals surface area contributed by atoms with Crippen LogP contribution in [0.2, 0.25) is 0 Å². The van der Waals surface area contributed by atoms with Crippen molar-refractivity contribution in [2.75, 3.05) is 36.8 Å². The molecular formula is C15H24N4O. The molecule has 2 aliphatic heterocycles. The van der Waals surface area contributed by atoms with Gasteiger partial charge in [-0.15, -0.1) is 0 Å². The lowest BCUT2D eigenvalue weighted by Crippen LogP contribution is -2.50. The van der Waals surface area contributed by atoms with Crippen LogP contribution in [0.3, 0.4) is 0 Å². The van der Waals surface area contributed by atoms with E-state index in [9.17, 15) is 0 Å². The molecule has 110 valence electrons. The molecule has 2 saturated heterocycles. The van der Waals surface area contributed by atoms with Crippen molar-refractivity contribution in [2.24, 2.45) is 0 Å². The highest BCUT2D eigenvalue weighted by molar-refractivity contribution is 5.55. The SMILES string of the molecule is CC(C)Oc1nc(N2CCN3CCCC3C2)ccc1N. The highest BCUT2D eigenvalue weighted by Gasteiger charge is 2.31. The van der Waals surface area contributed by atoms with Crippen molar-refractivity contribution < 1.29 is 4.74 Å². The average molecular weight is 276 g/mol. The summed E-state index contributed by atoms with van der Waals surface area (Å²) in [7, 11) is 0. The van der Waals surface area contributed by atoms with E-state index in [0.29, 0.717) is 17.6 Å². The minimum atomic E-state index is 0.0896. The molecule has 5 heteroatoms. The molecule has 0 spiro atoms. The zero-order valence-corrected chi connectivity index (χ0v) is 12.4. The van der Waals surface area contributed by atoms with E-state index in [-0.39, 0.29) is 6.10 Å². The van der Waals surface area contributed by atoms with Gasteiger partial charge in [0.25, 0.3) is 0 Å². The number of pyridine rings is 1. The van der Waals surface area contributed by atoms with Crippen LogP contribution in [0.1, 0.15) is 26.7 Å². The van der Waals surface area contributed by atoms with Gasteiger partial charge in [-0.3, -0.25) is 4.90 Å². The smallest absolute Gasteiger partial charge is 0.239 e. The monoisotopic (exact) mass is 276 g/mol. The van der Waals surface area contributed by atoms with Crippen molar-refractivity contribution in [1.82, 2.24) is 9.88 Å². The Hall–Kier alpha value is -1.49. The van der Waals surface area contributed by atoms with Gasteiger partial charge in [0.05, 0.1) is 11.8 Å². The molecule has 3 rings (SSSR count). The Morgan fingerprint density at radius 3 is 2.95 bits per heavy atom. The third-order valence-electron chi connectivity index (χ3n) is 4.13. The van der Waals surface area contributed by atoms with E-state index in [4.69, 9.17) is 10.5 Å². The second kappa shape index (κ2) is 5.48. The molecule has 20 heavy (non-hydrogen) atoms. The van der Waals surface area contributed by atoms with Gasteiger partial charge < -0.3 is 15.4 Å². The first kappa shape index (κ1) is 13.5. The molecule has 0 amide bonds. The van der Waals surface area contributed by atoms with Crippen molar-refractivity contribution >= 4 is 11.5 Å². The summed E-state index contributed by atoms with van der Waals surface area (Å²) in [5.41, 5.74) is 6.55. The number of ether oxygens (including phenoxy) is 1. The van der Waals surface area contributed by atoms with Gasteiger partial charge in [0.1, 0.15) is 5.82 Å². The summed E-state index contributed by atoms with van der Waals surface area (Å²) in [6.45, 7) is 8.48.